The molecule has 3 heterocycles. The number of fused-ring (bicyclic) bond motifs is 1. The molecule has 4 heteroatoms. The second-order valence-electron chi connectivity index (χ2n) is 6.12. The molecule has 21 heavy (non-hydrogen) atoms. The Morgan fingerprint density at radius 3 is 2.90 bits per heavy atom. The monoisotopic (exact) mass is 283 g/mol. The van der Waals surface area contributed by atoms with E-state index < -0.39 is 0 Å². The quantitative estimate of drug-likeness (QED) is 0.866. The highest BCUT2D eigenvalue weighted by molar-refractivity contribution is 5.24. The third-order valence-electron chi connectivity index (χ3n) is 4.99. The molecule has 2 fully saturated rings. The van der Waals surface area contributed by atoms with E-state index in [1.165, 1.54) is 24.9 Å². The summed E-state index contributed by atoms with van der Waals surface area (Å²) in [6, 6.07) is 11.9. The van der Waals surface area contributed by atoms with Crippen LogP contribution in [0.4, 0.5) is 0 Å². The third-order valence-corrected chi connectivity index (χ3v) is 4.99. The van der Waals surface area contributed by atoms with Gasteiger partial charge in [-0.1, -0.05) is 42.4 Å². The highest BCUT2D eigenvalue weighted by Crippen LogP contribution is 2.48. The summed E-state index contributed by atoms with van der Waals surface area (Å²) >= 11 is 0. The normalized spacial score (nSPS) is 28.9. The van der Waals surface area contributed by atoms with Gasteiger partial charge in [-0.05, 0) is 31.4 Å². The molecule has 0 spiro atoms. The minimum absolute atomic E-state index is 0.418. The van der Waals surface area contributed by atoms with Crippen molar-refractivity contribution in [3.8, 4) is 0 Å². The molecule has 0 N–H and O–H groups in total. The van der Waals surface area contributed by atoms with Crippen LogP contribution in [0.15, 0.2) is 34.9 Å². The zero-order valence-electron chi connectivity index (χ0n) is 12.4. The number of aryl methyl sites for hydroxylation is 1. The Bertz CT molecular complexity index is 610. The lowest BCUT2D eigenvalue weighted by atomic mass is 9.94. The first kappa shape index (κ1) is 13.0. The molecular formula is C17H21N3O. The van der Waals surface area contributed by atoms with E-state index in [4.69, 9.17) is 4.52 Å². The van der Waals surface area contributed by atoms with Gasteiger partial charge < -0.3 is 4.52 Å². The highest BCUT2D eigenvalue weighted by atomic mass is 16.5. The SMILES string of the molecule is CCc1nc([C@H]2C[C@@H](c3ccccc3)N3CCC[C@H]23)no1. The molecule has 2 saturated heterocycles. The highest BCUT2D eigenvalue weighted by Gasteiger charge is 2.46. The second-order valence-corrected chi connectivity index (χ2v) is 6.12. The maximum atomic E-state index is 5.34. The zero-order chi connectivity index (χ0) is 14.2. The molecule has 0 aliphatic carbocycles. The van der Waals surface area contributed by atoms with Crippen molar-refractivity contribution in [2.75, 3.05) is 6.54 Å². The van der Waals surface area contributed by atoms with Crippen LogP contribution in [-0.4, -0.2) is 27.6 Å². The topological polar surface area (TPSA) is 42.2 Å². The number of aromatic nitrogens is 2. The fraction of sp³-hybridized carbons (Fsp3) is 0.529. The minimum atomic E-state index is 0.418. The van der Waals surface area contributed by atoms with E-state index in [0.717, 1.165) is 24.6 Å². The molecule has 3 atom stereocenters. The van der Waals surface area contributed by atoms with Gasteiger partial charge in [0.15, 0.2) is 5.82 Å². The van der Waals surface area contributed by atoms with Gasteiger partial charge in [0.1, 0.15) is 0 Å². The molecule has 4 nitrogen and oxygen atoms in total. The maximum absolute atomic E-state index is 5.34. The Labute approximate surface area is 125 Å². The van der Waals surface area contributed by atoms with Crippen LogP contribution >= 0.6 is 0 Å². The van der Waals surface area contributed by atoms with E-state index in [1.54, 1.807) is 0 Å². The van der Waals surface area contributed by atoms with E-state index in [0.29, 0.717) is 18.0 Å². The summed E-state index contributed by atoms with van der Waals surface area (Å²) in [7, 11) is 0. The second kappa shape index (κ2) is 5.26. The third kappa shape index (κ3) is 2.18. The van der Waals surface area contributed by atoms with E-state index in [9.17, 15) is 0 Å². The van der Waals surface area contributed by atoms with Gasteiger partial charge in [-0.2, -0.15) is 4.98 Å². The molecule has 0 radical (unpaired) electrons. The molecule has 0 bridgehead atoms. The summed E-state index contributed by atoms with van der Waals surface area (Å²) in [6.07, 6.45) is 4.46. The van der Waals surface area contributed by atoms with E-state index >= 15 is 0 Å². The van der Waals surface area contributed by atoms with Crippen molar-refractivity contribution in [2.45, 2.75) is 50.6 Å². The van der Waals surface area contributed by atoms with Crippen LogP contribution in [0.1, 0.15) is 55.4 Å². The molecule has 1 aromatic heterocycles. The summed E-state index contributed by atoms with van der Waals surface area (Å²) in [6.45, 7) is 3.25. The first-order chi connectivity index (χ1) is 10.4. The first-order valence-corrected chi connectivity index (χ1v) is 8.00. The Hall–Kier alpha value is -1.68. The van der Waals surface area contributed by atoms with Crippen LogP contribution in [0.25, 0.3) is 0 Å². The first-order valence-electron chi connectivity index (χ1n) is 8.00. The van der Waals surface area contributed by atoms with Crippen LogP contribution in [-0.2, 0) is 6.42 Å². The zero-order valence-corrected chi connectivity index (χ0v) is 12.4. The number of benzene rings is 1. The Kier molecular flexibility index (Phi) is 3.26. The fourth-order valence-corrected chi connectivity index (χ4v) is 4.01. The van der Waals surface area contributed by atoms with Crippen LogP contribution < -0.4 is 0 Å². The van der Waals surface area contributed by atoms with Crippen molar-refractivity contribution < 1.29 is 4.52 Å². The van der Waals surface area contributed by atoms with E-state index in [2.05, 4.69) is 52.3 Å². The van der Waals surface area contributed by atoms with Gasteiger partial charge in [0, 0.05) is 24.4 Å². The van der Waals surface area contributed by atoms with Crippen molar-refractivity contribution in [1.29, 1.82) is 0 Å². The van der Waals surface area contributed by atoms with Gasteiger partial charge in [-0.3, -0.25) is 4.90 Å². The summed E-state index contributed by atoms with van der Waals surface area (Å²) < 4.78 is 5.34. The van der Waals surface area contributed by atoms with Gasteiger partial charge >= 0.3 is 0 Å². The average Bonchev–Trinajstić information content (AvgIpc) is 3.23. The van der Waals surface area contributed by atoms with Crippen LogP contribution in [0.5, 0.6) is 0 Å². The summed E-state index contributed by atoms with van der Waals surface area (Å²) in [5, 5.41) is 4.24. The lowest BCUT2D eigenvalue weighted by Gasteiger charge is -2.24. The molecule has 2 aliphatic rings. The minimum Gasteiger partial charge on any atom is -0.339 e. The molecule has 2 aliphatic heterocycles. The molecule has 4 rings (SSSR count). The van der Waals surface area contributed by atoms with Gasteiger partial charge in [0.05, 0.1) is 0 Å². The molecule has 1 aromatic carbocycles. The van der Waals surface area contributed by atoms with Gasteiger partial charge in [-0.25, -0.2) is 0 Å². The molecule has 0 unspecified atom stereocenters. The van der Waals surface area contributed by atoms with E-state index in [-0.39, 0.29) is 0 Å². The average molecular weight is 283 g/mol. The van der Waals surface area contributed by atoms with Crippen LogP contribution in [0.3, 0.4) is 0 Å². The predicted octanol–water partition coefficient (Wildman–Crippen LogP) is 3.33. The number of nitrogens with zero attached hydrogens (tertiary/aromatic N) is 3. The largest absolute Gasteiger partial charge is 0.339 e. The summed E-state index contributed by atoms with van der Waals surface area (Å²) in [5.74, 6) is 2.10. The Morgan fingerprint density at radius 1 is 1.29 bits per heavy atom. The molecule has 110 valence electrons. The predicted molar refractivity (Wildman–Crippen MR) is 79.9 cm³/mol. The van der Waals surface area contributed by atoms with Crippen LogP contribution in [0.2, 0.25) is 0 Å². The Balaban J connectivity index is 1.64. The summed E-state index contributed by atoms with van der Waals surface area (Å²) in [4.78, 5) is 7.25. The smallest absolute Gasteiger partial charge is 0.226 e. The van der Waals surface area contributed by atoms with Gasteiger partial charge in [0.2, 0.25) is 5.89 Å². The number of rotatable bonds is 3. The maximum Gasteiger partial charge on any atom is 0.226 e. The fourth-order valence-electron chi connectivity index (χ4n) is 4.01. The molecule has 0 saturated carbocycles. The van der Waals surface area contributed by atoms with Crippen molar-refractivity contribution in [1.82, 2.24) is 15.0 Å². The number of hydrogen-bond donors (Lipinski definition) is 0. The van der Waals surface area contributed by atoms with Crippen LogP contribution in [0, 0.1) is 0 Å². The van der Waals surface area contributed by atoms with Crippen molar-refractivity contribution in [3.05, 3.63) is 47.6 Å². The molecule has 2 aromatic rings. The Morgan fingerprint density at radius 2 is 2.14 bits per heavy atom. The van der Waals surface area contributed by atoms with Crippen molar-refractivity contribution in [2.24, 2.45) is 0 Å². The van der Waals surface area contributed by atoms with E-state index in [1.807, 2.05) is 0 Å². The lowest BCUT2D eigenvalue weighted by Crippen LogP contribution is -2.27. The standard InChI is InChI=1S/C17H21N3O/c1-2-16-18-17(19-21-16)13-11-15(12-7-4-3-5-8-12)20-10-6-9-14(13)20/h3-5,7-8,13-15H,2,6,9-11H2,1H3/t13-,14+,15-/m0/s1. The molecular weight excluding hydrogens is 262 g/mol. The van der Waals surface area contributed by atoms with Gasteiger partial charge in [-0.15, -0.1) is 0 Å². The van der Waals surface area contributed by atoms with Crippen molar-refractivity contribution >= 4 is 0 Å². The van der Waals surface area contributed by atoms with Gasteiger partial charge in [0.25, 0.3) is 0 Å². The number of hydrogen-bond acceptors (Lipinski definition) is 4. The van der Waals surface area contributed by atoms with Crippen molar-refractivity contribution in [3.63, 3.8) is 0 Å². The lowest BCUT2D eigenvalue weighted by molar-refractivity contribution is 0.243. The molecule has 0 amide bonds. The summed E-state index contributed by atoms with van der Waals surface area (Å²) in [5.41, 5.74) is 1.42.